The summed E-state index contributed by atoms with van der Waals surface area (Å²) in [6, 6.07) is 0. The maximum atomic E-state index is 10.9. The fourth-order valence-corrected chi connectivity index (χ4v) is 1.35. The number of hydrogen-bond donors (Lipinski definition) is 1. The zero-order chi connectivity index (χ0) is 10.3. The second kappa shape index (κ2) is 6.30. The molecule has 13 heavy (non-hydrogen) atoms. The topological polar surface area (TPSA) is 26.3 Å². The van der Waals surface area contributed by atoms with E-state index in [4.69, 9.17) is 4.74 Å². The fourth-order valence-electron chi connectivity index (χ4n) is 1.25. The molecule has 0 fully saturated rings. The lowest BCUT2D eigenvalue weighted by Crippen LogP contribution is -2.24. The van der Waals surface area contributed by atoms with Crippen molar-refractivity contribution in [1.82, 2.24) is 0 Å². The Labute approximate surface area is 86.5 Å². The summed E-state index contributed by atoms with van der Waals surface area (Å²) in [7, 11) is 0. The Morgan fingerprint density at radius 1 is 1.46 bits per heavy atom. The lowest BCUT2D eigenvalue weighted by atomic mass is 9.84. The normalized spacial score (nSPS) is 15.1. The summed E-state index contributed by atoms with van der Waals surface area (Å²) in [5.41, 5.74) is 0.146. The first kappa shape index (κ1) is 12.8. The van der Waals surface area contributed by atoms with Crippen LogP contribution in [-0.2, 0) is 9.53 Å². The van der Waals surface area contributed by atoms with E-state index in [1.54, 1.807) is 0 Å². The number of hydrogen-bond acceptors (Lipinski definition) is 3. The minimum absolute atomic E-state index is 0.146. The van der Waals surface area contributed by atoms with Gasteiger partial charge in [-0.2, -0.15) is 12.6 Å². The Bertz CT molecular complexity index is 159. The summed E-state index contributed by atoms with van der Waals surface area (Å²) in [6.45, 7) is 6.96. The summed E-state index contributed by atoms with van der Waals surface area (Å²) in [4.78, 5) is 10.9. The van der Waals surface area contributed by atoms with Gasteiger partial charge in [-0.1, -0.05) is 27.2 Å². The van der Waals surface area contributed by atoms with Crippen LogP contribution in [0.25, 0.3) is 0 Å². The Kier molecular flexibility index (Phi) is 6.21. The highest BCUT2D eigenvalue weighted by atomic mass is 32.1. The van der Waals surface area contributed by atoms with Gasteiger partial charge in [0.05, 0.1) is 12.4 Å². The molecule has 1 unspecified atom stereocenters. The molecule has 0 aliphatic carbocycles. The number of carbonyl (C=O) groups excluding carboxylic acids is 1. The predicted octanol–water partition coefficient (Wildman–Crippen LogP) is 2.68. The molecule has 2 nitrogen and oxygen atoms in total. The number of esters is 1. The molecular formula is C10H20O2S. The van der Waals surface area contributed by atoms with E-state index in [0.717, 1.165) is 19.3 Å². The molecule has 0 N–H and O–H groups in total. The van der Waals surface area contributed by atoms with E-state index in [2.05, 4.69) is 33.4 Å². The minimum atomic E-state index is -0.223. The molecule has 0 saturated heterocycles. The Morgan fingerprint density at radius 2 is 2.08 bits per heavy atom. The van der Waals surface area contributed by atoms with Gasteiger partial charge in [0.25, 0.3) is 0 Å². The third-order valence-corrected chi connectivity index (χ3v) is 2.68. The molecule has 0 amide bonds. The number of rotatable bonds is 6. The maximum absolute atomic E-state index is 10.9. The van der Waals surface area contributed by atoms with Crippen molar-refractivity contribution < 1.29 is 9.53 Å². The highest BCUT2D eigenvalue weighted by molar-refractivity contribution is 7.81. The van der Waals surface area contributed by atoms with Gasteiger partial charge in [0, 0.05) is 5.41 Å². The van der Waals surface area contributed by atoms with Crippen LogP contribution in [-0.4, -0.2) is 18.3 Å². The van der Waals surface area contributed by atoms with Gasteiger partial charge < -0.3 is 4.74 Å². The van der Waals surface area contributed by atoms with Crippen LogP contribution in [0.1, 0.15) is 40.0 Å². The van der Waals surface area contributed by atoms with Gasteiger partial charge in [0.2, 0.25) is 0 Å². The van der Waals surface area contributed by atoms with E-state index < -0.39 is 0 Å². The van der Waals surface area contributed by atoms with Crippen molar-refractivity contribution in [1.29, 1.82) is 0 Å². The molecule has 0 heterocycles. The minimum Gasteiger partial charge on any atom is -0.464 e. The quantitative estimate of drug-likeness (QED) is 0.532. The molecule has 3 heteroatoms. The van der Waals surface area contributed by atoms with E-state index in [1.807, 2.05) is 0 Å². The average molecular weight is 204 g/mol. The molecule has 1 atom stereocenters. The summed E-state index contributed by atoms with van der Waals surface area (Å²) in [5, 5.41) is 0. The largest absolute Gasteiger partial charge is 0.464 e. The second-order valence-electron chi connectivity index (χ2n) is 3.73. The summed E-state index contributed by atoms with van der Waals surface area (Å²) in [5.74, 6) is -0.0505. The first-order valence-corrected chi connectivity index (χ1v) is 5.47. The SMILES string of the molecule is CCCC(C)(CC)COC(=O)CS. The highest BCUT2D eigenvalue weighted by Crippen LogP contribution is 2.27. The van der Waals surface area contributed by atoms with E-state index >= 15 is 0 Å². The van der Waals surface area contributed by atoms with Gasteiger partial charge >= 0.3 is 5.97 Å². The van der Waals surface area contributed by atoms with Gasteiger partial charge in [0.1, 0.15) is 0 Å². The highest BCUT2D eigenvalue weighted by Gasteiger charge is 2.22. The van der Waals surface area contributed by atoms with Crippen LogP contribution in [0, 0.1) is 5.41 Å². The Morgan fingerprint density at radius 3 is 2.46 bits per heavy atom. The van der Waals surface area contributed by atoms with E-state index in [1.165, 1.54) is 0 Å². The maximum Gasteiger partial charge on any atom is 0.315 e. The van der Waals surface area contributed by atoms with Crippen LogP contribution in [0.4, 0.5) is 0 Å². The molecular weight excluding hydrogens is 184 g/mol. The van der Waals surface area contributed by atoms with Crippen LogP contribution < -0.4 is 0 Å². The molecule has 0 bridgehead atoms. The molecule has 0 aliphatic rings. The van der Waals surface area contributed by atoms with Crippen molar-refractivity contribution in [2.24, 2.45) is 5.41 Å². The summed E-state index contributed by atoms with van der Waals surface area (Å²) >= 11 is 3.85. The molecule has 0 aromatic carbocycles. The van der Waals surface area contributed by atoms with Crippen LogP contribution >= 0.6 is 12.6 Å². The Balaban J connectivity index is 3.89. The molecule has 0 aromatic rings. The number of ether oxygens (including phenoxy) is 1. The smallest absolute Gasteiger partial charge is 0.315 e. The molecule has 0 rings (SSSR count). The van der Waals surface area contributed by atoms with Crippen LogP contribution in [0.2, 0.25) is 0 Å². The molecule has 0 spiro atoms. The summed E-state index contributed by atoms with van der Waals surface area (Å²) < 4.78 is 5.08. The zero-order valence-corrected chi connectivity index (χ0v) is 9.69. The predicted molar refractivity (Wildman–Crippen MR) is 58.1 cm³/mol. The van der Waals surface area contributed by atoms with Crippen molar-refractivity contribution in [3.05, 3.63) is 0 Å². The average Bonchev–Trinajstić information content (AvgIpc) is 2.15. The monoisotopic (exact) mass is 204 g/mol. The first-order chi connectivity index (χ1) is 6.08. The lowest BCUT2D eigenvalue weighted by molar-refractivity contribution is -0.144. The molecule has 0 saturated carbocycles. The molecule has 0 radical (unpaired) electrons. The second-order valence-corrected chi connectivity index (χ2v) is 4.05. The fraction of sp³-hybridized carbons (Fsp3) is 0.900. The van der Waals surface area contributed by atoms with Crippen LogP contribution in [0.15, 0.2) is 0 Å². The van der Waals surface area contributed by atoms with Crippen molar-refractivity contribution in [3.63, 3.8) is 0 Å². The van der Waals surface area contributed by atoms with Gasteiger partial charge in [-0.3, -0.25) is 4.79 Å². The van der Waals surface area contributed by atoms with Crippen molar-refractivity contribution in [2.75, 3.05) is 12.4 Å². The van der Waals surface area contributed by atoms with Crippen molar-refractivity contribution in [2.45, 2.75) is 40.0 Å². The zero-order valence-electron chi connectivity index (χ0n) is 8.80. The summed E-state index contributed by atoms with van der Waals surface area (Å²) in [6.07, 6.45) is 3.27. The van der Waals surface area contributed by atoms with Gasteiger partial charge in [-0.25, -0.2) is 0 Å². The molecule has 0 aliphatic heterocycles. The number of carbonyl (C=O) groups is 1. The van der Waals surface area contributed by atoms with Gasteiger partial charge in [-0.05, 0) is 12.8 Å². The van der Waals surface area contributed by atoms with Crippen molar-refractivity contribution in [3.8, 4) is 0 Å². The van der Waals surface area contributed by atoms with Gasteiger partial charge in [0.15, 0.2) is 0 Å². The van der Waals surface area contributed by atoms with E-state index in [9.17, 15) is 4.79 Å². The standard InChI is InChI=1S/C10H20O2S/c1-4-6-10(3,5-2)8-12-9(11)7-13/h13H,4-8H2,1-3H3. The molecule has 0 aromatic heterocycles. The lowest BCUT2D eigenvalue weighted by Gasteiger charge is -2.26. The van der Waals surface area contributed by atoms with E-state index in [-0.39, 0.29) is 17.1 Å². The van der Waals surface area contributed by atoms with Crippen LogP contribution in [0.3, 0.4) is 0 Å². The molecule has 78 valence electrons. The van der Waals surface area contributed by atoms with Crippen LogP contribution in [0.5, 0.6) is 0 Å². The van der Waals surface area contributed by atoms with Crippen molar-refractivity contribution >= 4 is 18.6 Å². The number of thiol groups is 1. The van der Waals surface area contributed by atoms with Gasteiger partial charge in [-0.15, -0.1) is 0 Å². The third-order valence-electron chi connectivity index (χ3n) is 2.42. The Hall–Kier alpha value is -0.180. The van der Waals surface area contributed by atoms with E-state index in [0.29, 0.717) is 6.61 Å². The third kappa shape index (κ3) is 5.19. The first-order valence-electron chi connectivity index (χ1n) is 4.84.